The molecule has 2 aromatic rings. The second-order valence-corrected chi connectivity index (χ2v) is 5.94. The fourth-order valence-corrected chi connectivity index (χ4v) is 3.12. The zero-order valence-corrected chi connectivity index (χ0v) is 12.6. The number of hydrogen-bond acceptors (Lipinski definition) is 3. The van der Waals surface area contributed by atoms with Crippen molar-refractivity contribution in [3.63, 3.8) is 0 Å². The Morgan fingerprint density at radius 1 is 1.18 bits per heavy atom. The van der Waals surface area contributed by atoms with Crippen LogP contribution in [-0.2, 0) is 11.3 Å². The molecule has 5 heteroatoms. The Morgan fingerprint density at radius 3 is 2.68 bits per heavy atom. The molecule has 0 saturated heterocycles. The number of benzene rings is 1. The minimum Gasteiger partial charge on any atom is -0.352 e. The van der Waals surface area contributed by atoms with E-state index in [1.165, 1.54) is 31.9 Å². The molecule has 0 aliphatic heterocycles. The Balaban J connectivity index is 1.74. The van der Waals surface area contributed by atoms with Crippen molar-refractivity contribution >= 4 is 16.8 Å². The summed E-state index contributed by atoms with van der Waals surface area (Å²) in [4.78, 5) is 24.1. The fraction of sp³-hybridized carbons (Fsp3) is 0.471. The summed E-state index contributed by atoms with van der Waals surface area (Å²) in [6.07, 6.45) is 8.29. The first kappa shape index (κ1) is 14.8. The molecule has 3 rings (SSSR count). The van der Waals surface area contributed by atoms with Gasteiger partial charge in [0.15, 0.2) is 0 Å². The maximum Gasteiger partial charge on any atom is 0.241 e. The van der Waals surface area contributed by atoms with Gasteiger partial charge in [0.05, 0.1) is 11.7 Å². The molecule has 5 nitrogen and oxygen atoms in total. The smallest absolute Gasteiger partial charge is 0.241 e. The number of aromatic nitrogens is 2. The van der Waals surface area contributed by atoms with E-state index in [1.54, 1.807) is 10.7 Å². The van der Waals surface area contributed by atoms with Gasteiger partial charge in [0.1, 0.15) is 6.54 Å². The van der Waals surface area contributed by atoms with E-state index in [9.17, 15) is 9.59 Å². The van der Waals surface area contributed by atoms with E-state index in [0.717, 1.165) is 12.8 Å². The summed E-state index contributed by atoms with van der Waals surface area (Å²) >= 11 is 0. The predicted molar refractivity (Wildman–Crippen MR) is 85.6 cm³/mol. The van der Waals surface area contributed by atoms with Gasteiger partial charge in [0, 0.05) is 11.4 Å². The molecule has 1 aliphatic carbocycles. The van der Waals surface area contributed by atoms with Gasteiger partial charge < -0.3 is 5.32 Å². The highest BCUT2D eigenvalue weighted by Crippen LogP contribution is 2.17. The molecule has 116 valence electrons. The topological polar surface area (TPSA) is 64.0 Å². The first-order valence-corrected chi connectivity index (χ1v) is 7.98. The number of fused-ring (bicyclic) bond motifs is 1. The van der Waals surface area contributed by atoms with Crippen molar-refractivity contribution in [3.05, 3.63) is 40.7 Å². The lowest BCUT2D eigenvalue weighted by atomic mass is 10.1. The molecule has 1 heterocycles. The van der Waals surface area contributed by atoms with Crippen molar-refractivity contribution in [1.82, 2.24) is 15.1 Å². The van der Waals surface area contributed by atoms with Gasteiger partial charge >= 0.3 is 0 Å². The first-order chi connectivity index (χ1) is 10.7. The second-order valence-electron chi connectivity index (χ2n) is 5.94. The molecule has 1 N–H and O–H groups in total. The van der Waals surface area contributed by atoms with Crippen LogP contribution in [0.2, 0.25) is 0 Å². The van der Waals surface area contributed by atoms with Crippen molar-refractivity contribution in [2.75, 3.05) is 0 Å². The number of amides is 1. The molecule has 1 aromatic carbocycles. The molecular weight excluding hydrogens is 278 g/mol. The van der Waals surface area contributed by atoms with E-state index < -0.39 is 0 Å². The van der Waals surface area contributed by atoms with Gasteiger partial charge in [-0.3, -0.25) is 14.3 Å². The van der Waals surface area contributed by atoms with Crippen LogP contribution in [0.3, 0.4) is 0 Å². The van der Waals surface area contributed by atoms with Crippen LogP contribution in [0.4, 0.5) is 0 Å². The molecular formula is C17H21N3O2. The van der Waals surface area contributed by atoms with Gasteiger partial charge in [-0.2, -0.15) is 5.10 Å². The molecule has 1 amide bonds. The number of hydrogen-bond donors (Lipinski definition) is 1. The molecule has 0 atom stereocenters. The number of rotatable bonds is 3. The van der Waals surface area contributed by atoms with Crippen molar-refractivity contribution in [2.24, 2.45) is 0 Å². The highest BCUT2D eigenvalue weighted by atomic mass is 16.2. The van der Waals surface area contributed by atoms with Crippen LogP contribution >= 0.6 is 0 Å². The summed E-state index contributed by atoms with van der Waals surface area (Å²) in [5, 5.41) is 7.81. The molecule has 0 bridgehead atoms. The Hall–Kier alpha value is -2.17. The first-order valence-electron chi connectivity index (χ1n) is 7.98. The lowest BCUT2D eigenvalue weighted by molar-refractivity contribution is -0.122. The van der Waals surface area contributed by atoms with Crippen LogP contribution in [0.25, 0.3) is 10.9 Å². The molecule has 1 saturated carbocycles. The van der Waals surface area contributed by atoms with Crippen LogP contribution < -0.4 is 10.7 Å². The maximum atomic E-state index is 12.3. The van der Waals surface area contributed by atoms with Crippen molar-refractivity contribution < 1.29 is 4.79 Å². The third kappa shape index (κ3) is 3.35. The third-order valence-electron chi connectivity index (χ3n) is 4.28. The molecule has 1 aliphatic rings. The number of carbonyl (C=O) groups is 1. The summed E-state index contributed by atoms with van der Waals surface area (Å²) in [6, 6.07) is 7.53. The summed E-state index contributed by atoms with van der Waals surface area (Å²) in [7, 11) is 0. The maximum absolute atomic E-state index is 12.3. The van der Waals surface area contributed by atoms with Crippen LogP contribution in [-0.4, -0.2) is 21.7 Å². The highest BCUT2D eigenvalue weighted by molar-refractivity contribution is 5.81. The van der Waals surface area contributed by atoms with E-state index in [2.05, 4.69) is 10.4 Å². The second kappa shape index (κ2) is 6.73. The summed E-state index contributed by atoms with van der Waals surface area (Å²) in [5.74, 6) is -0.0341. The molecule has 22 heavy (non-hydrogen) atoms. The minimum absolute atomic E-state index is 0.0341. The molecule has 0 radical (unpaired) electrons. The number of para-hydroxylation sites is 1. The van der Waals surface area contributed by atoms with Gasteiger partial charge in [-0.25, -0.2) is 0 Å². The van der Waals surface area contributed by atoms with E-state index in [0.29, 0.717) is 10.9 Å². The zero-order chi connectivity index (χ0) is 15.4. The lowest BCUT2D eigenvalue weighted by Gasteiger charge is -2.17. The number of nitrogens with zero attached hydrogens (tertiary/aromatic N) is 2. The largest absolute Gasteiger partial charge is 0.352 e. The van der Waals surface area contributed by atoms with Gasteiger partial charge in [-0.15, -0.1) is 0 Å². The quantitative estimate of drug-likeness (QED) is 0.884. The van der Waals surface area contributed by atoms with Gasteiger partial charge in [-0.1, -0.05) is 37.8 Å². The zero-order valence-electron chi connectivity index (χ0n) is 12.6. The third-order valence-corrected chi connectivity index (χ3v) is 4.28. The SMILES string of the molecule is O=C(Cn1ncc(=O)c2ccccc21)NC1CCCCCC1. The van der Waals surface area contributed by atoms with Crippen LogP contribution in [0.1, 0.15) is 38.5 Å². The van der Waals surface area contributed by atoms with E-state index in [4.69, 9.17) is 0 Å². The molecule has 0 spiro atoms. The summed E-state index contributed by atoms with van der Waals surface area (Å²) in [6.45, 7) is 0.150. The van der Waals surface area contributed by atoms with Crippen molar-refractivity contribution in [1.29, 1.82) is 0 Å². The normalized spacial score (nSPS) is 16.4. The molecule has 0 unspecified atom stereocenters. The van der Waals surface area contributed by atoms with E-state index >= 15 is 0 Å². The minimum atomic E-state index is -0.115. The van der Waals surface area contributed by atoms with E-state index in [1.807, 2.05) is 18.2 Å². The van der Waals surface area contributed by atoms with Gasteiger partial charge in [0.2, 0.25) is 11.3 Å². The Morgan fingerprint density at radius 2 is 1.91 bits per heavy atom. The molecule has 1 fully saturated rings. The van der Waals surface area contributed by atoms with Crippen LogP contribution in [0.5, 0.6) is 0 Å². The van der Waals surface area contributed by atoms with Crippen molar-refractivity contribution in [2.45, 2.75) is 51.1 Å². The van der Waals surface area contributed by atoms with Gasteiger partial charge in [0.25, 0.3) is 0 Å². The Labute approximate surface area is 129 Å². The Bertz CT molecular complexity index is 715. The summed E-state index contributed by atoms with van der Waals surface area (Å²) < 4.78 is 1.60. The van der Waals surface area contributed by atoms with Crippen molar-refractivity contribution in [3.8, 4) is 0 Å². The number of carbonyl (C=O) groups excluding carboxylic acids is 1. The lowest BCUT2D eigenvalue weighted by Crippen LogP contribution is -2.37. The average Bonchev–Trinajstić information content (AvgIpc) is 2.79. The molecule has 1 aromatic heterocycles. The van der Waals surface area contributed by atoms with Crippen LogP contribution in [0.15, 0.2) is 35.3 Å². The highest BCUT2D eigenvalue weighted by Gasteiger charge is 2.15. The van der Waals surface area contributed by atoms with Crippen LogP contribution in [0, 0.1) is 0 Å². The summed E-state index contributed by atoms with van der Waals surface area (Å²) in [5.41, 5.74) is 0.585. The average molecular weight is 299 g/mol. The fourth-order valence-electron chi connectivity index (χ4n) is 3.12. The standard InChI is InChI=1S/C17H21N3O2/c21-16-11-18-20(15-10-6-5-9-14(15)16)12-17(22)19-13-7-3-1-2-4-8-13/h5-6,9-11,13H,1-4,7-8,12H2,(H,19,22). The number of nitrogens with one attached hydrogen (secondary N) is 1. The van der Waals surface area contributed by atoms with Gasteiger partial charge in [-0.05, 0) is 25.0 Å². The van der Waals surface area contributed by atoms with E-state index in [-0.39, 0.29) is 23.9 Å². The monoisotopic (exact) mass is 299 g/mol. The predicted octanol–water partition coefficient (Wildman–Crippen LogP) is 2.24. The Kier molecular flexibility index (Phi) is 4.51.